The molecule has 9 heteroatoms. The molecule has 9 nitrogen and oxygen atoms in total. The maximum absolute atomic E-state index is 12.9. The summed E-state index contributed by atoms with van der Waals surface area (Å²) in [5, 5.41) is 0. The summed E-state index contributed by atoms with van der Waals surface area (Å²) in [7, 11) is 0. The number of aryl methyl sites for hydroxylation is 1. The molecule has 0 radical (unpaired) electrons. The van der Waals surface area contributed by atoms with Crippen LogP contribution in [0.2, 0.25) is 0 Å². The summed E-state index contributed by atoms with van der Waals surface area (Å²) < 4.78 is 11.2. The normalized spacial score (nSPS) is 17.4. The molecule has 184 valence electrons. The molecule has 2 amide bonds. The highest BCUT2D eigenvalue weighted by Crippen LogP contribution is 2.15. The first-order chi connectivity index (χ1) is 16.5. The van der Waals surface area contributed by atoms with Gasteiger partial charge in [-0.25, -0.2) is 4.98 Å². The highest BCUT2D eigenvalue weighted by atomic mass is 16.5. The second-order valence-corrected chi connectivity index (χ2v) is 9.02. The van der Waals surface area contributed by atoms with E-state index in [0.717, 1.165) is 45.9 Å². The maximum Gasteiger partial charge on any atom is 0.275 e. The van der Waals surface area contributed by atoms with E-state index in [0.29, 0.717) is 44.3 Å². The molecular weight excluding hydrogens is 434 g/mol. The Labute approximate surface area is 201 Å². The van der Waals surface area contributed by atoms with Gasteiger partial charge in [-0.1, -0.05) is 24.3 Å². The van der Waals surface area contributed by atoms with Gasteiger partial charge >= 0.3 is 0 Å². The van der Waals surface area contributed by atoms with Gasteiger partial charge in [0, 0.05) is 65.8 Å². The molecule has 0 spiro atoms. The Kier molecular flexibility index (Phi) is 8.31. The first kappa shape index (κ1) is 24.4. The molecule has 4 rings (SSSR count). The van der Waals surface area contributed by atoms with Gasteiger partial charge in [0.2, 0.25) is 11.8 Å². The van der Waals surface area contributed by atoms with Gasteiger partial charge < -0.3 is 19.0 Å². The van der Waals surface area contributed by atoms with Crippen LogP contribution in [0.3, 0.4) is 0 Å². The van der Waals surface area contributed by atoms with Crippen molar-refractivity contribution in [1.29, 1.82) is 0 Å². The average Bonchev–Trinajstić information content (AvgIpc) is 3.32. The fourth-order valence-corrected chi connectivity index (χ4v) is 4.41. The van der Waals surface area contributed by atoms with Gasteiger partial charge in [0.05, 0.1) is 19.8 Å². The third-order valence-corrected chi connectivity index (χ3v) is 6.63. The van der Waals surface area contributed by atoms with Crippen LogP contribution in [0.4, 0.5) is 0 Å². The molecule has 1 aromatic heterocycles. The summed E-state index contributed by atoms with van der Waals surface area (Å²) >= 11 is 0. The van der Waals surface area contributed by atoms with Crippen LogP contribution >= 0.6 is 0 Å². The fraction of sp³-hybridized carbons (Fsp3) is 0.560. The number of benzene rings is 1. The van der Waals surface area contributed by atoms with E-state index >= 15 is 0 Å². The zero-order valence-corrected chi connectivity index (χ0v) is 20.2. The lowest BCUT2D eigenvalue weighted by atomic mass is 10.1. The molecule has 1 aromatic carbocycles. The van der Waals surface area contributed by atoms with Crippen molar-refractivity contribution in [2.75, 3.05) is 65.6 Å². The van der Waals surface area contributed by atoms with Crippen LogP contribution in [-0.2, 0) is 22.6 Å². The first-order valence-electron chi connectivity index (χ1n) is 12.1. The largest absolute Gasteiger partial charge is 0.447 e. The van der Waals surface area contributed by atoms with Gasteiger partial charge in [0.1, 0.15) is 6.26 Å². The van der Waals surface area contributed by atoms with Crippen molar-refractivity contribution in [2.24, 2.45) is 0 Å². The van der Waals surface area contributed by atoms with Crippen molar-refractivity contribution in [3.05, 3.63) is 53.2 Å². The van der Waals surface area contributed by atoms with E-state index in [2.05, 4.69) is 46.0 Å². The van der Waals surface area contributed by atoms with Crippen molar-refractivity contribution in [2.45, 2.75) is 26.9 Å². The SMILES string of the molecule is CC(=O)N1CCN(C(=O)c2coc(CN(CCN3CCOCC3)Cc3ccccc3C)n2)CC1. The Morgan fingerprint density at radius 1 is 1.00 bits per heavy atom. The zero-order chi connectivity index (χ0) is 23.9. The number of oxazole rings is 1. The van der Waals surface area contributed by atoms with Crippen molar-refractivity contribution in [3.8, 4) is 0 Å². The van der Waals surface area contributed by atoms with Crippen molar-refractivity contribution in [1.82, 2.24) is 24.6 Å². The predicted molar refractivity (Wildman–Crippen MR) is 127 cm³/mol. The molecule has 2 aromatic rings. The fourth-order valence-electron chi connectivity index (χ4n) is 4.41. The molecule has 2 saturated heterocycles. The molecule has 2 fully saturated rings. The van der Waals surface area contributed by atoms with Crippen LogP contribution in [0, 0.1) is 6.92 Å². The monoisotopic (exact) mass is 469 g/mol. The molecule has 2 aliphatic rings. The Morgan fingerprint density at radius 2 is 1.71 bits per heavy atom. The predicted octanol–water partition coefficient (Wildman–Crippen LogP) is 1.62. The molecule has 2 aliphatic heterocycles. The number of nitrogens with zero attached hydrogens (tertiary/aromatic N) is 5. The number of hydrogen-bond donors (Lipinski definition) is 0. The minimum Gasteiger partial charge on any atom is -0.447 e. The lowest BCUT2D eigenvalue weighted by Crippen LogP contribution is -2.50. The molecule has 0 unspecified atom stereocenters. The summed E-state index contributed by atoms with van der Waals surface area (Å²) in [6.07, 6.45) is 1.46. The highest BCUT2D eigenvalue weighted by molar-refractivity contribution is 5.92. The van der Waals surface area contributed by atoms with Gasteiger partial charge in [-0.05, 0) is 18.1 Å². The molecule has 0 aliphatic carbocycles. The molecule has 34 heavy (non-hydrogen) atoms. The van der Waals surface area contributed by atoms with Crippen molar-refractivity contribution < 1.29 is 18.7 Å². The Bertz CT molecular complexity index is 964. The summed E-state index contributed by atoms with van der Waals surface area (Å²) in [6.45, 7) is 12.4. The second-order valence-electron chi connectivity index (χ2n) is 9.02. The van der Waals surface area contributed by atoms with Crippen LogP contribution in [0.15, 0.2) is 34.9 Å². The topological polar surface area (TPSA) is 82.4 Å². The van der Waals surface area contributed by atoms with E-state index in [9.17, 15) is 9.59 Å². The van der Waals surface area contributed by atoms with Gasteiger partial charge in [0.15, 0.2) is 5.69 Å². The van der Waals surface area contributed by atoms with Crippen LogP contribution in [0.5, 0.6) is 0 Å². The zero-order valence-electron chi connectivity index (χ0n) is 20.2. The number of rotatable bonds is 8. The molecular formula is C25H35N5O4. The Morgan fingerprint density at radius 3 is 2.41 bits per heavy atom. The quantitative estimate of drug-likeness (QED) is 0.581. The van der Waals surface area contributed by atoms with E-state index < -0.39 is 0 Å². The van der Waals surface area contributed by atoms with E-state index in [1.165, 1.54) is 17.4 Å². The summed E-state index contributed by atoms with van der Waals surface area (Å²) in [5.41, 5.74) is 2.86. The number of ether oxygens (including phenoxy) is 1. The molecule has 0 atom stereocenters. The van der Waals surface area contributed by atoms with Crippen LogP contribution < -0.4 is 0 Å². The maximum atomic E-state index is 12.9. The van der Waals surface area contributed by atoms with Gasteiger partial charge in [-0.2, -0.15) is 0 Å². The number of carbonyl (C=O) groups excluding carboxylic acids is 2. The van der Waals surface area contributed by atoms with Crippen LogP contribution in [0.25, 0.3) is 0 Å². The molecule has 3 heterocycles. The van der Waals surface area contributed by atoms with Crippen LogP contribution in [-0.4, -0.2) is 102 Å². The van der Waals surface area contributed by atoms with E-state index in [-0.39, 0.29) is 11.8 Å². The number of aromatic nitrogens is 1. The minimum absolute atomic E-state index is 0.0432. The lowest BCUT2D eigenvalue weighted by molar-refractivity contribution is -0.130. The second kappa shape index (κ2) is 11.6. The van der Waals surface area contributed by atoms with E-state index in [1.807, 2.05) is 0 Å². The van der Waals surface area contributed by atoms with Gasteiger partial charge in [-0.3, -0.25) is 19.4 Å². The average molecular weight is 470 g/mol. The standard InChI is InChI=1S/C25H35N5O4/c1-20-5-3-4-6-22(20)17-28(8-7-27-13-15-33-16-14-27)18-24-26-23(19-34-24)25(32)30-11-9-29(10-12-30)21(2)31/h3-6,19H,7-18H2,1-2H3. The highest BCUT2D eigenvalue weighted by Gasteiger charge is 2.26. The van der Waals surface area contributed by atoms with Crippen molar-refractivity contribution >= 4 is 11.8 Å². The van der Waals surface area contributed by atoms with E-state index in [1.54, 1.807) is 16.7 Å². The number of carbonyl (C=O) groups is 2. The molecule has 0 saturated carbocycles. The Balaban J connectivity index is 1.39. The first-order valence-corrected chi connectivity index (χ1v) is 12.1. The molecule has 0 bridgehead atoms. The smallest absolute Gasteiger partial charge is 0.275 e. The third kappa shape index (κ3) is 6.43. The summed E-state index contributed by atoms with van der Waals surface area (Å²) in [6, 6.07) is 8.40. The minimum atomic E-state index is -0.142. The summed E-state index contributed by atoms with van der Waals surface area (Å²) in [5.74, 6) is 0.444. The number of piperazine rings is 1. The third-order valence-electron chi connectivity index (χ3n) is 6.63. The summed E-state index contributed by atoms with van der Waals surface area (Å²) in [4.78, 5) is 37.2. The lowest BCUT2D eigenvalue weighted by Gasteiger charge is -2.33. The number of morpholine rings is 1. The van der Waals surface area contributed by atoms with Gasteiger partial charge in [-0.15, -0.1) is 0 Å². The van der Waals surface area contributed by atoms with Gasteiger partial charge in [0.25, 0.3) is 5.91 Å². The molecule has 0 N–H and O–H groups in total. The van der Waals surface area contributed by atoms with Crippen molar-refractivity contribution in [3.63, 3.8) is 0 Å². The Hall–Kier alpha value is -2.75. The van der Waals surface area contributed by atoms with E-state index in [4.69, 9.17) is 9.15 Å². The number of hydrogen-bond acceptors (Lipinski definition) is 7. The van der Waals surface area contributed by atoms with Crippen LogP contribution in [0.1, 0.15) is 34.4 Å². The number of amides is 2.